The fraction of sp³-hybridized carbons (Fsp3) is 0.273. The van der Waals surface area contributed by atoms with E-state index in [9.17, 15) is 9.59 Å². The zero-order valence-corrected chi connectivity index (χ0v) is 16.5. The van der Waals surface area contributed by atoms with Crippen LogP contribution in [0.5, 0.6) is 0 Å². The summed E-state index contributed by atoms with van der Waals surface area (Å²) < 4.78 is 0. The molecule has 2 aromatic heterocycles. The van der Waals surface area contributed by atoms with Gasteiger partial charge in [-0.25, -0.2) is 0 Å². The molecule has 0 fully saturated rings. The van der Waals surface area contributed by atoms with Crippen molar-refractivity contribution in [3.05, 3.63) is 51.6 Å². The number of likely N-dealkylation sites (N-methyl/N-ethyl adjacent to an activating group) is 1. The van der Waals surface area contributed by atoms with Crippen molar-refractivity contribution in [1.82, 2.24) is 15.0 Å². The van der Waals surface area contributed by atoms with Gasteiger partial charge in [-0.15, -0.1) is 0 Å². The molecule has 3 aromatic rings. The first kappa shape index (κ1) is 18.7. The number of primary amides is 1. The number of benzene rings is 1. The molecule has 0 spiro atoms. The number of aromatic amines is 1. The Balaban J connectivity index is 2.07. The van der Waals surface area contributed by atoms with Crippen LogP contribution in [0, 0.1) is 11.8 Å². The van der Waals surface area contributed by atoms with Crippen molar-refractivity contribution in [2.75, 3.05) is 13.6 Å². The SMILES string of the molecule is CC(C)c1nc2c(C#CC(N)=O)c[nH]c(=O)c2c2cc(C3C=NN(C)C3)ccc12. The Morgan fingerprint density at radius 2 is 2.14 bits per heavy atom. The van der Waals surface area contributed by atoms with Crippen LogP contribution in [0.15, 0.2) is 34.3 Å². The molecule has 7 nitrogen and oxygen atoms in total. The van der Waals surface area contributed by atoms with E-state index in [1.54, 1.807) is 0 Å². The predicted molar refractivity (Wildman–Crippen MR) is 114 cm³/mol. The highest BCUT2D eigenvalue weighted by atomic mass is 16.1. The van der Waals surface area contributed by atoms with Gasteiger partial charge in [0.15, 0.2) is 0 Å². The number of aromatic nitrogens is 2. The van der Waals surface area contributed by atoms with Gasteiger partial charge in [-0.3, -0.25) is 19.6 Å². The lowest BCUT2D eigenvalue weighted by molar-refractivity contribution is -0.112. The maximum absolute atomic E-state index is 12.8. The number of hydrogen-bond acceptors (Lipinski definition) is 5. The second kappa shape index (κ2) is 7.06. The molecule has 1 amide bonds. The van der Waals surface area contributed by atoms with E-state index in [2.05, 4.69) is 41.8 Å². The Morgan fingerprint density at radius 1 is 1.34 bits per heavy atom. The summed E-state index contributed by atoms with van der Waals surface area (Å²) in [4.78, 5) is 31.4. The smallest absolute Gasteiger partial charge is 0.293 e. The molecule has 0 radical (unpaired) electrons. The van der Waals surface area contributed by atoms with E-state index in [0.29, 0.717) is 16.5 Å². The van der Waals surface area contributed by atoms with Crippen LogP contribution < -0.4 is 11.3 Å². The average Bonchev–Trinajstić information content (AvgIpc) is 3.12. The van der Waals surface area contributed by atoms with Crippen molar-refractivity contribution in [3.8, 4) is 11.8 Å². The minimum absolute atomic E-state index is 0.142. The van der Waals surface area contributed by atoms with Gasteiger partial charge >= 0.3 is 0 Å². The number of carbonyl (C=O) groups excluding carboxylic acids is 1. The van der Waals surface area contributed by atoms with E-state index in [-0.39, 0.29) is 17.4 Å². The summed E-state index contributed by atoms with van der Waals surface area (Å²) in [5, 5.41) is 8.43. The van der Waals surface area contributed by atoms with Crippen LogP contribution in [0.3, 0.4) is 0 Å². The van der Waals surface area contributed by atoms with Gasteiger partial charge < -0.3 is 10.7 Å². The van der Waals surface area contributed by atoms with E-state index >= 15 is 0 Å². The van der Waals surface area contributed by atoms with Crippen LogP contribution in [0.1, 0.15) is 42.5 Å². The number of hydrogen-bond donors (Lipinski definition) is 2. The van der Waals surface area contributed by atoms with Crippen LogP contribution in [-0.2, 0) is 4.79 Å². The number of amides is 1. The first-order valence-corrected chi connectivity index (χ1v) is 9.40. The number of H-pyrrole nitrogens is 1. The third-order valence-electron chi connectivity index (χ3n) is 5.09. The molecule has 1 aliphatic rings. The Bertz CT molecular complexity index is 1290. The summed E-state index contributed by atoms with van der Waals surface area (Å²) >= 11 is 0. The molecule has 0 bridgehead atoms. The third kappa shape index (κ3) is 3.34. The number of hydrazone groups is 1. The largest absolute Gasteiger partial charge is 0.359 e. The monoisotopic (exact) mass is 387 g/mol. The van der Waals surface area contributed by atoms with Gasteiger partial charge in [0.1, 0.15) is 0 Å². The summed E-state index contributed by atoms with van der Waals surface area (Å²) in [5.74, 6) is 4.64. The molecular formula is C22H21N5O2. The highest BCUT2D eigenvalue weighted by molar-refractivity contribution is 6.08. The molecule has 1 aliphatic heterocycles. The van der Waals surface area contributed by atoms with Crippen molar-refractivity contribution in [1.29, 1.82) is 0 Å². The van der Waals surface area contributed by atoms with Crippen molar-refractivity contribution in [2.45, 2.75) is 25.7 Å². The minimum Gasteiger partial charge on any atom is -0.359 e. The summed E-state index contributed by atoms with van der Waals surface area (Å²) in [7, 11) is 1.93. The van der Waals surface area contributed by atoms with Gasteiger partial charge in [-0.2, -0.15) is 5.10 Å². The lowest BCUT2D eigenvalue weighted by Gasteiger charge is -2.15. The number of fused-ring (bicyclic) bond motifs is 3. The number of rotatable bonds is 2. The predicted octanol–water partition coefficient (Wildman–Crippen LogP) is 2.05. The van der Waals surface area contributed by atoms with Gasteiger partial charge in [0, 0.05) is 43.2 Å². The molecule has 3 heterocycles. The van der Waals surface area contributed by atoms with Crippen LogP contribution in [0.2, 0.25) is 0 Å². The molecule has 3 N–H and O–H groups in total. The lowest BCUT2D eigenvalue weighted by atomic mass is 9.93. The third-order valence-corrected chi connectivity index (χ3v) is 5.09. The summed E-state index contributed by atoms with van der Waals surface area (Å²) in [6, 6.07) is 6.14. The molecule has 1 atom stereocenters. The van der Waals surface area contributed by atoms with Crippen molar-refractivity contribution >= 4 is 33.8 Å². The van der Waals surface area contributed by atoms with E-state index < -0.39 is 5.91 Å². The first-order chi connectivity index (χ1) is 13.8. The van der Waals surface area contributed by atoms with E-state index in [1.807, 2.05) is 30.4 Å². The number of carbonyl (C=O) groups is 1. The molecule has 1 unspecified atom stereocenters. The summed E-state index contributed by atoms with van der Waals surface area (Å²) in [5.41, 5.74) is 7.83. The number of nitrogens with two attached hydrogens (primary N) is 1. The second-order valence-corrected chi connectivity index (χ2v) is 7.54. The number of nitrogens with one attached hydrogen (secondary N) is 1. The van der Waals surface area contributed by atoms with E-state index in [0.717, 1.165) is 28.6 Å². The number of pyridine rings is 2. The van der Waals surface area contributed by atoms with Crippen LogP contribution in [0.25, 0.3) is 21.7 Å². The standard InChI is InChI=1S/C22H21N5O2/c1-12(2)20-16-6-4-13(15-10-25-27(3)11-15)8-17(16)19-21(26-20)14(5-7-18(23)28)9-24-22(19)29/h4,6,8-10,12,15H,11H2,1-3H3,(H2,23,28)(H,24,29). The second-order valence-electron chi connectivity index (χ2n) is 7.54. The zero-order valence-electron chi connectivity index (χ0n) is 16.5. The molecule has 0 aliphatic carbocycles. The molecule has 29 heavy (non-hydrogen) atoms. The average molecular weight is 387 g/mol. The van der Waals surface area contributed by atoms with Crippen LogP contribution in [-0.4, -0.2) is 40.7 Å². The van der Waals surface area contributed by atoms with Crippen molar-refractivity contribution < 1.29 is 4.79 Å². The summed E-state index contributed by atoms with van der Waals surface area (Å²) in [6.07, 6.45) is 3.40. The molecular weight excluding hydrogens is 366 g/mol. The fourth-order valence-corrected chi connectivity index (χ4v) is 3.72. The first-order valence-electron chi connectivity index (χ1n) is 9.40. The zero-order chi connectivity index (χ0) is 20.7. The molecule has 0 saturated heterocycles. The Morgan fingerprint density at radius 3 is 2.79 bits per heavy atom. The molecule has 146 valence electrons. The van der Waals surface area contributed by atoms with Gasteiger partial charge in [-0.05, 0) is 22.9 Å². The molecule has 7 heteroatoms. The maximum atomic E-state index is 12.8. The summed E-state index contributed by atoms with van der Waals surface area (Å²) in [6.45, 7) is 4.90. The Labute approximate surface area is 167 Å². The molecule has 4 rings (SSSR count). The highest BCUT2D eigenvalue weighted by Crippen LogP contribution is 2.32. The van der Waals surface area contributed by atoms with E-state index in [1.165, 1.54) is 6.20 Å². The lowest BCUT2D eigenvalue weighted by Crippen LogP contribution is -2.13. The van der Waals surface area contributed by atoms with Gasteiger partial charge in [0.25, 0.3) is 11.5 Å². The van der Waals surface area contributed by atoms with Gasteiger partial charge in [0.2, 0.25) is 0 Å². The van der Waals surface area contributed by atoms with Crippen LogP contribution in [0.4, 0.5) is 0 Å². The maximum Gasteiger partial charge on any atom is 0.293 e. The van der Waals surface area contributed by atoms with E-state index in [4.69, 9.17) is 10.7 Å². The van der Waals surface area contributed by atoms with Gasteiger partial charge in [-0.1, -0.05) is 31.9 Å². The molecule has 0 saturated carbocycles. The number of nitrogens with zero attached hydrogens (tertiary/aromatic N) is 3. The van der Waals surface area contributed by atoms with Gasteiger partial charge in [0.05, 0.1) is 22.2 Å². The van der Waals surface area contributed by atoms with Crippen molar-refractivity contribution in [2.24, 2.45) is 10.8 Å². The van der Waals surface area contributed by atoms with Crippen LogP contribution >= 0.6 is 0 Å². The minimum atomic E-state index is -0.735. The topological polar surface area (TPSA) is 104 Å². The normalized spacial score (nSPS) is 15.9. The Hall–Kier alpha value is -3.66. The Kier molecular flexibility index (Phi) is 4.55. The quantitative estimate of drug-likeness (QED) is 0.519. The molecule has 1 aromatic carbocycles. The highest BCUT2D eigenvalue weighted by Gasteiger charge is 2.20. The van der Waals surface area contributed by atoms with Crippen molar-refractivity contribution in [3.63, 3.8) is 0 Å². The fourth-order valence-electron chi connectivity index (χ4n) is 3.72.